The van der Waals surface area contributed by atoms with E-state index in [0.717, 1.165) is 0 Å². The Morgan fingerprint density at radius 2 is 1.69 bits per heavy atom. The zero-order chi connectivity index (χ0) is 19.2. The number of nitrogens with one attached hydrogen (secondary N) is 2. The minimum absolute atomic E-state index is 0.170. The van der Waals surface area contributed by atoms with Crippen LogP contribution >= 0.6 is 11.8 Å². The number of benzene rings is 2. The van der Waals surface area contributed by atoms with Crippen LogP contribution in [0.5, 0.6) is 0 Å². The van der Waals surface area contributed by atoms with Crippen molar-refractivity contribution in [1.82, 2.24) is 5.32 Å². The topological polar surface area (TPSA) is 58.2 Å². The second kappa shape index (κ2) is 8.85. The van der Waals surface area contributed by atoms with Crippen LogP contribution < -0.4 is 10.6 Å². The number of hydrogen-bond acceptors (Lipinski definition) is 3. The van der Waals surface area contributed by atoms with Crippen LogP contribution in [0.15, 0.2) is 48.5 Å². The lowest BCUT2D eigenvalue weighted by Gasteiger charge is -2.21. The average Bonchev–Trinajstić information content (AvgIpc) is 2.55. The minimum Gasteiger partial charge on any atom is -0.347 e. The maximum atomic E-state index is 13.6. The molecule has 0 spiro atoms. The van der Waals surface area contributed by atoms with Gasteiger partial charge in [0.1, 0.15) is 5.82 Å². The molecule has 0 aromatic heterocycles. The largest absolute Gasteiger partial charge is 0.347 e. The number of anilines is 1. The fourth-order valence-corrected chi connectivity index (χ4v) is 3.07. The van der Waals surface area contributed by atoms with Gasteiger partial charge in [-0.25, -0.2) is 4.39 Å². The number of rotatable bonds is 6. The standard InChI is InChI=1S/C20H23FN2O2S/c1-20(2,3)23-19(25)15-9-5-7-11-17(15)22-18(24)13-26-12-14-8-4-6-10-16(14)21/h4-11H,12-13H2,1-3H3,(H,22,24)(H,23,25). The Hall–Kier alpha value is -2.34. The summed E-state index contributed by atoms with van der Waals surface area (Å²) in [5, 5.41) is 5.65. The Kier molecular flexibility index (Phi) is 6.80. The van der Waals surface area contributed by atoms with E-state index in [2.05, 4.69) is 10.6 Å². The predicted molar refractivity (Wildman–Crippen MR) is 105 cm³/mol. The first kappa shape index (κ1) is 20.0. The van der Waals surface area contributed by atoms with Crippen molar-refractivity contribution in [3.63, 3.8) is 0 Å². The van der Waals surface area contributed by atoms with Gasteiger partial charge in [-0.15, -0.1) is 11.8 Å². The number of amides is 2. The molecule has 2 aromatic carbocycles. The van der Waals surface area contributed by atoms with Crippen LogP contribution in [0.2, 0.25) is 0 Å². The first-order chi connectivity index (χ1) is 12.3. The van der Waals surface area contributed by atoms with Crippen molar-refractivity contribution in [2.24, 2.45) is 0 Å². The summed E-state index contributed by atoms with van der Waals surface area (Å²) in [7, 11) is 0. The Labute approximate surface area is 157 Å². The fraction of sp³-hybridized carbons (Fsp3) is 0.300. The monoisotopic (exact) mass is 374 g/mol. The third kappa shape index (κ3) is 6.19. The van der Waals surface area contributed by atoms with Crippen molar-refractivity contribution in [2.75, 3.05) is 11.1 Å². The second-order valence-electron chi connectivity index (χ2n) is 6.88. The van der Waals surface area contributed by atoms with Gasteiger partial charge in [-0.3, -0.25) is 9.59 Å². The lowest BCUT2D eigenvalue weighted by Crippen LogP contribution is -2.40. The van der Waals surface area contributed by atoms with Gasteiger partial charge in [0.15, 0.2) is 0 Å². The fourth-order valence-electron chi connectivity index (χ4n) is 2.25. The van der Waals surface area contributed by atoms with E-state index >= 15 is 0 Å². The Morgan fingerprint density at radius 3 is 2.38 bits per heavy atom. The third-order valence-electron chi connectivity index (χ3n) is 3.38. The average molecular weight is 374 g/mol. The molecule has 0 saturated heterocycles. The van der Waals surface area contributed by atoms with E-state index in [4.69, 9.17) is 0 Å². The second-order valence-corrected chi connectivity index (χ2v) is 7.87. The number of halogens is 1. The van der Waals surface area contributed by atoms with Gasteiger partial charge in [0.05, 0.1) is 17.0 Å². The molecule has 0 radical (unpaired) electrons. The highest BCUT2D eigenvalue weighted by Gasteiger charge is 2.18. The lowest BCUT2D eigenvalue weighted by atomic mass is 10.1. The van der Waals surface area contributed by atoms with Gasteiger partial charge in [0, 0.05) is 11.3 Å². The normalized spacial score (nSPS) is 11.1. The van der Waals surface area contributed by atoms with Crippen molar-refractivity contribution in [1.29, 1.82) is 0 Å². The summed E-state index contributed by atoms with van der Waals surface area (Å²) >= 11 is 1.32. The van der Waals surface area contributed by atoms with Crippen LogP contribution in [0, 0.1) is 5.82 Å². The molecule has 0 atom stereocenters. The maximum Gasteiger partial charge on any atom is 0.253 e. The van der Waals surface area contributed by atoms with Gasteiger partial charge in [0.25, 0.3) is 5.91 Å². The van der Waals surface area contributed by atoms with Crippen LogP contribution in [0.1, 0.15) is 36.7 Å². The highest BCUT2D eigenvalue weighted by atomic mass is 32.2. The number of para-hydroxylation sites is 1. The first-order valence-corrected chi connectivity index (χ1v) is 9.44. The van der Waals surface area contributed by atoms with Crippen molar-refractivity contribution >= 4 is 29.3 Å². The molecule has 0 heterocycles. The summed E-state index contributed by atoms with van der Waals surface area (Å²) in [5.41, 5.74) is 1.07. The predicted octanol–water partition coefficient (Wildman–Crippen LogP) is 4.23. The number of carbonyl (C=O) groups excluding carboxylic acids is 2. The Balaban J connectivity index is 1.95. The van der Waals surface area contributed by atoms with Crippen molar-refractivity contribution in [3.8, 4) is 0 Å². The summed E-state index contributed by atoms with van der Waals surface area (Å²) in [5.74, 6) is -0.171. The van der Waals surface area contributed by atoms with E-state index in [0.29, 0.717) is 22.6 Å². The highest BCUT2D eigenvalue weighted by Crippen LogP contribution is 2.18. The minimum atomic E-state index is -0.371. The molecule has 4 nitrogen and oxygen atoms in total. The van der Waals surface area contributed by atoms with Gasteiger partial charge in [-0.1, -0.05) is 30.3 Å². The zero-order valence-electron chi connectivity index (χ0n) is 15.1. The van der Waals surface area contributed by atoms with E-state index in [9.17, 15) is 14.0 Å². The van der Waals surface area contributed by atoms with Gasteiger partial charge in [0.2, 0.25) is 5.91 Å². The summed E-state index contributed by atoms with van der Waals surface area (Å²) < 4.78 is 13.6. The van der Waals surface area contributed by atoms with E-state index < -0.39 is 0 Å². The molecule has 2 aromatic rings. The molecule has 0 bridgehead atoms. The molecular weight excluding hydrogens is 351 g/mol. The number of thioether (sulfide) groups is 1. The van der Waals surface area contributed by atoms with Crippen LogP contribution in [-0.4, -0.2) is 23.1 Å². The Morgan fingerprint density at radius 1 is 1.04 bits per heavy atom. The quantitative estimate of drug-likeness (QED) is 0.796. The van der Waals surface area contributed by atoms with E-state index in [1.807, 2.05) is 20.8 Å². The van der Waals surface area contributed by atoms with E-state index in [-0.39, 0.29) is 28.9 Å². The molecule has 0 unspecified atom stereocenters. The van der Waals surface area contributed by atoms with Crippen LogP contribution in [0.3, 0.4) is 0 Å². The van der Waals surface area contributed by atoms with E-state index in [1.54, 1.807) is 42.5 Å². The third-order valence-corrected chi connectivity index (χ3v) is 4.36. The zero-order valence-corrected chi connectivity index (χ0v) is 16.0. The highest BCUT2D eigenvalue weighted by molar-refractivity contribution is 7.99. The molecule has 0 fully saturated rings. The smallest absolute Gasteiger partial charge is 0.253 e. The number of hydrogen-bond donors (Lipinski definition) is 2. The molecule has 0 aliphatic rings. The molecule has 0 aliphatic carbocycles. The van der Waals surface area contributed by atoms with Crippen LogP contribution in [0.25, 0.3) is 0 Å². The summed E-state index contributed by atoms with van der Waals surface area (Å²) in [6.45, 7) is 5.68. The van der Waals surface area contributed by atoms with Crippen molar-refractivity contribution in [3.05, 3.63) is 65.5 Å². The molecule has 0 saturated carbocycles. The first-order valence-electron chi connectivity index (χ1n) is 8.29. The van der Waals surface area contributed by atoms with Gasteiger partial charge >= 0.3 is 0 Å². The summed E-state index contributed by atoms with van der Waals surface area (Å²) in [4.78, 5) is 24.6. The number of carbonyl (C=O) groups is 2. The molecular formula is C20H23FN2O2S. The summed E-state index contributed by atoms with van der Waals surface area (Å²) in [6.07, 6.45) is 0. The molecule has 2 N–H and O–H groups in total. The summed E-state index contributed by atoms with van der Waals surface area (Å²) in [6, 6.07) is 13.4. The maximum absolute atomic E-state index is 13.6. The molecule has 6 heteroatoms. The molecule has 138 valence electrons. The molecule has 2 rings (SSSR count). The SMILES string of the molecule is CC(C)(C)NC(=O)c1ccccc1NC(=O)CSCc1ccccc1F. The van der Waals surface area contributed by atoms with Gasteiger partial charge in [-0.05, 0) is 44.5 Å². The van der Waals surface area contributed by atoms with Gasteiger partial charge < -0.3 is 10.6 Å². The molecule has 2 amide bonds. The van der Waals surface area contributed by atoms with Crippen molar-refractivity contribution in [2.45, 2.75) is 32.1 Å². The Bertz CT molecular complexity index is 787. The molecule has 26 heavy (non-hydrogen) atoms. The van der Waals surface area contributed by atoms with Gasteiger partial charge in [-0.2, -0.15) is 0 Å². The van der Waals surface area contributed by atoms with E-state index in [1.165, 1.54) is 17.8 Å². The molecule has 0 aliphatic heterocycles. The lowest BCUT2D eigenvalue weighted by molar-refractivity contribution is -0.113. The van der Waals surface area contributed by atoms with Crippen LogP contribution in [0.4, 0.5) is 10.1 Å². The van der Waals surface area contributed by atoms with Crippen LogP contribution in [-0.2, 0) is 10.5 Å². The van der Waals surface area contributed by atoms with Crippen molar-refractivity contribution < 1.29 is 14.0 Å².